The monoisotopic (exact) mass is 425 g/mol. The van der Waals surface area contributed by atoms with E-state index >= 15 is 0 Å². The highest BCUT2D eigenvalue weighted by Gasteiger charge is 2.34. The van der Waals surface area contributed by atoms with Gasteiger partial charge >= 0.3 is 0 Å². The second-order valence-electron chi connectivity index (χ2n) is 3.90. The minimum absolute atomic E-state index is 0.000273. The lowest BCUT2D eigenvalue weighted by Gasteiger charge is -2.27. The number of hydrogen-bond acceptors (Lipinski definition) is 2. The maximum absolute atomic E-state index is 12.3. The molecule has 1 unspecified atom stereocenters. The van der Waals surface area contributed by atoms with Crippen LogP contribution in [0.4, 0.5) is 10.1 Å². The lowest BCUT2D eigenvalue weighted by molar-refractivity contribution is -0.122. The van der Waals surface area contributed by atoms with Gasteiger partial charge in [-0.1, -0.05) is 58.0 Å². The molecule has 0 fully saturated rings. The van der Waals surface area contributed by atoms with Gasteiger partial charge in [0.2, 0.25) is 3.79 Å². The Balaban J connectivity index is 2.76. The van der Waals surface area contributed by atoms with E-state index in [9.17, 15) is 9.18 Å². The van der Waals surface area contributed by atoms with E-state index in [-0.39, 0.29) is 5.11 Å². The minimum atomic E-state index is -1.96. The van der Waals surface area contributed by atoms with Crippen LogP contribution in [0.25, 0.3) is 0 Å². The van der Waals surface area contributed by atoms with Crippen molar-refractivity contribution in [2.24, 2.45) is 0 Å². The summed E-state index contributed by atoms with van der Waals surface area (Å²) in [6.07, 6.45) is -1.24. The fourth-order valence-corrected chi connectivity index (χ4v) is 2.29. The van der Waals surface area contributed by atoms with E-state index in [1.54, 1.807) is 12.1 Å². The molecular weight excluding hydrogens is 418 g/mol. The number of benzene rings is 1. The molecule has 0 heterocycles. The van der Waals surface area contributed by atoms with E-state index < -0.39 is 22.5 Å². The standard InChI is InChI=1S/C11H9Cl5FN3OS/c12-5-1-2-7(6(13)3-5)18-10(22)20-9(11(14,15)16)19-8(21)4-17/h1-3,9H,4H2,(H,19,21)(H2,18,20,22). The SMILES string of the molecule is O=C(CF)NC(NC(=S)Nc1ccc(Cl)cc1Cl)C(Cl)(Cl)Cl. The lowest BCUT2D eigenvalue weighted by atomic mass is 10.3. The number of nitrogens with one attached hydrogen (secondary N) is 3. The molecule has 0 radical (unpaired) electrons. The van der Waals surface area contributed by atoms with Gasteiger partial charge in [0.15, 0.2) is 11.8 Å². The summed E-state index contributed by atoms with van der Waals surface area (Å²) in [5.41, 5.74) is 0.448. The van der Waals surface area contributed by atoms with Gasteiger partial charge in [-0.2, -0.15) is 0 Å². The second-order valence-corrected chi connectivity index (χ2v) is 7.52. The number of carbonyl (C=O) groups excluding carboxylic acids is 1. The Labute approximate surface area is 156 Å². The maximum Gasteiger partial charge on any atom is 0.253 e. The number of hydrogen-bond donors (Lipinski definition) is 3. The van der Waals surface area contributed by atoms with Crippen LogP contribution in [-0.4, -0.2) is 27.7 Å². The van der Waals surface area contributed by atoms with Crippen molar-refractivity contribution in [1.29, 1.82) is 0 Å². The molecule has 1 aromatic carbocycles. The van der Waals surface area contributed by atoms with Crippen molar-refractivity contribution in [2.45, 2.75) is 9.96 Å². The third-order valence-electron chi connectivity index (χ3n) is 2.21. The largest absolute Gasteiger partial charge is 0.339 e. The number of anilines is 1. The van der Waals surface area contributed by atoms with Gasteiger partial charge in [-0.05, 0) is 30.4 Å². The zero-order valence-electron chi connectivity index (χ0n) is 10.6. The van der Waals surface area contributed by atoms with Gasteiger partial charge in [-0.25, -0.2) is 4.39 Å². The Bertz CT molecular complexity index is 569. The van der Waals surface area contributed by atoms with Gasteiger partial charge in [0.25, 0.3) is 5.91 Å². The van der Waals surface area contributed by atoms with E-state index in [0.29, 0.717) is 15.7 Å². The Morgan fingerprint density at radius 3 is 2.41 bits per heavy atom. The fourth-order valence-electron chi connectivity index (χ4n) is 1.28. The van der Waals surface area contributed by atoms with Crippen LogP contribution in [-0.2, 0) is 4.79 Å². The van der Waals surface area contributed by atoms with E-state index in [4.69, 9.17) is 70.2 Å². The quantitative estimate of drug-likeness (QED) is 0.385. The number of carbonyl (C=O) groups is 1. The molecule has 1 atom stereocenters. The molecule has 1 aromatic rings. The Morgan fingerprint density at radius 2 is 1.91 bits per heavy atom. The molecule has 0 spiro atoms. The number of rotatable bonds is 4. The lowest BCUT2D eigenvalue weighted by Crippen LogP contribution is -2.56. The van der Waals surface area contributed by atoms with E-state index in [1.165, 1.54) is 6.07 Å². The highest BCUT2D eigenvalue weighted by molar-refractivity contribution is 7.80. The first-order valence-electron chi connectivity index (χ1n) is 5.58. The van der Waals surface area contributed by atoms with Gasteiger partial charge in [0.1, 0.15) is 6.17 Å². The molecule has 0 aliphatic rings. The molecule has 0 saturated heterocycles. The van der Waals surface area contributed by atoms with Crippen LogP contribution in [0.1, 0.15) is 0 Å². The normalized spacial score (nSPS) is 12.5. The molecule has 3 N–H and O–H groups in total. The van der Waals surface area contributed by atoms with Crippen LogP contribution in [0, 0.1) is 0 Å². The zero-order valence-corrected chi connectivity index (χ0v) is 15.2. The number of halogens is 6. The topological polar surface area (TPSA) is 53.2 Å². The molecule has 22 heavy (non-hydrogen) atoms. The molecule has 1 amide bonds. The van der Waals surface area contributed by atoms with Gasteiger partial charge < -0.3 is 16.0 Å². The van der Waals surface area contributed by atoms with E-state index in [0.717, 1.165) is 0 Å². The fraction of sp³-hybridized carbons (Fsp3) is 0.273. The minimum Gasteiger partial charge on any atom is -0.339 e. The van der Waals surface area contributed by atoms with Gasteiger partial charge in [-0.3, -0.25) is 4.79 Å². The molecule has 0 aliphatic heterocycles. The van der Waals surface area contributed by atoms with Crippen molar-refractivity contribution in [3.05, 3.63) is 28.2 Å². The first kappa shape index (κ1) is 19.8. The number of amides is 1. The molecule has 0 aliphatic carbocycles. The molecular formula is C11H9Cl5FN3OS. The molecule has 4 nitrogen and oxygen atoms in total. The van der Waals surface area contributed by atoms with Gasteiger partial charge in [0.05, 0.1) is 10.7 Å². The summed E-state index contributed by atoms with van der Waals surface area (Å²) in [5.74, 6) is -0.962. The van der Waals surface area contributed by atoms with E-state index in [1.807, 2.05) is 0 Å². The van der Waals surface area contributed by atoms with Gasteiger partial charge in [0, 0.05) is 5.02 Å². The third kappa shape index (κ3) is 6.48. The predicted molar refractivity (Wildman–Crippen MR) is 94.0 cm³/mol. The first-order chi connectivity index (χ1) is 10.1. The Morgan fingerprint density at radius 1 is 1.27 bits per heavy atom. The summed E-state index contributed by atoms with van der Waals surface area (Å²) in [4.78, 5) is 11.1. The van der Waals surface area contributed by atoms with Crippen LogP contribution < -0.4 is 16.0 Å². The van der Waals surface area contributed by atoms with Gasteiger partial charge in [-0.15, -0.1) is 0 Å². The summed E-state index contributed by atoms with van der Waals surface area (Å²) in [6.45, 7) is -1.26. The van der Waals surface area contributed by atoms with E-state index in [2.05, 4.69) is 16.0 Å². The zero-order chi connectivity index (χ0) is 16.9. The maximum atomic E-state index is 12.3. The highest BCUT2D eigenvalue weighted by atomic mass is 35.6. The molecule has 0 aromatic heterocycles. The van der Waals surface area contributed by atoms with Crippen LogP contribution in [0.5, 0.6) is 0 Å². The molecule has 0 bridgehead atoms. The average Bonchev–Trinajstić information content (AvgIpc) is 2.40. The van der Waals surface area contributed by atoms with Crippen LogP contribution in [0.2, 0.25) is 10.0 Å². The molecule has 1 rings (SSSR count). The average molecular weight is 428 g/mol. The molecule has 0 saturated carbocycles. The Hall–Kier alpha value is -0.240. The van der Waals surface area contributed by atoms with Crippen molar-refractivity contribution < 1.29 is 9.18 Å². The Kier molecular flexibility index (Phi) is 7.71. The number of thiocarbonyl (C=S) groups is 1. The molecule has 122 valence electrons. The summed E-state index contributed by atoms with van der Waals surface area (Å²) < 4.78 is 10.3. The molecule has 11 heteroatoms. The van der Waals surface area contributed by atoms with Crippen molar-refractivity contribution in [3.63, 3.8) is 0 Å². The third-order valence-corrected chi connectivity index (χ3v) is 3.63. The van der Waals surface area contributed by atoms with Crippen molar-refractivity contribution in [1.82, 2.24) is 10.6 Å². The van der Waals surface area contributed by atoms with Crippen LogP contribution in [0.15, 0.2) is 18.2 Å². The summed E-state index contributed by atoms with van der Waals surface area (Å²) in [7, 11) is 0. The second kappa shape index (κ2) is 8.57. The van der Waals surface area contributed by atoms with Crippen LogP contribution >= 0.6 is 70.2 Å². The first-order valence-corrected chi connectivity index (χ1v) is 7.88. The van der Waals surface area contributed by atoms with Crippen molar-refractivity contribution in [3.8, 4) is 0 Å². The highest BCUT2D eigenvalue weighted by Crippen LogP contribution is 2.29. The summed E-state index contributed by atoms with van der Waals surface area (Å²) in [5, 5.41) is 8.19. The summed E-state index contributed by atoms with van der Waals surface area (Å²) in [6, 6.07) is 4.68. The van der Waals surface area contributed by atoms with Crippen molar-refractivity contribution in [2.75, 3.05) is 12.0 Å². The smallest absolute Gasteiger partial charge is 0.253 e. The number of alkyl halides is 4. The summed E-state index contributed by atoms with van der Waals surface area (Å²) >= 11 is 33.9. The van der Waals surface area contributed by atoms with Crippen LogP contribution in [0.3, 0.4) is 0 Å². The predicted octanol–water partition coefficient (Wildman–Crippen LogP) is 4.06. The van der Waals surface area contributed by atoms with Crippen molar-refractivity contribution >= 4 is 86.9 Å².